The van der Waals surface area contributed by atoms with E-state index >= 15 is 0 Å². The van der Waals surface area contributed by atoms with Gasteiger partial charge in [-0.3, -0.25) is 14.4 Å². The first-order valence-electron chi connectivity index (χ1n) is 6.99. The lowest BCUT2D eigenvalue weighted by atomic mass is 10.1. The summed E-state index contributed by atoms with van der Waals surface area (Å²) in [5, 5.41) is 2.66. The van der Waals surface area contributed by atoms with E-state index in [-0.39, 0.29) is 36.0 Å². The Balaban J connectivity index is 1.97. The molecule has 0 saturated heterocycles. The van der Waals surface area contributed by atoms with Crippen LogP contribution in [0, 0.1) is 0 Å². The lowest BCUT2D eigenvalue weighted by molar-refractivity contribution is -0.139. The van der Waals surface area contributed by atoms with Gasteiger partial charge in [-0.25, -0.2) is 0 Å². The Morgan fingerprint density at radius 3 is 2.57 bits per heavy atom. The first kappa shape index (κ1) is 17.1. The van der Waals surface area contributed by atoms with Crippen LogP contribution in [0.5, 0.6) is 11.5 Å². The highest BCUT2D eigenvalue weighted by Crippen LogP contribution is 2.37. The highest BCUT2D eigenvalue weighted by atomic mass is 32.2. The second kappa shape index (κ2) is 7.87. The average Bonchev–Trinajstić information content (AvgIpc) is 2.93. The molecule has 1 amide bonds. The minimum absolute atomic E-state index is 0.0740. The van der Waals surface area contributed by atoms with E-state index in [4.69, 9.17) is 14.2 Å². The zero-order valence-electron chi connectivity index (χ0n) is 12.8. The summed E-state index contributed by atoms with van der Waals surface area (Å²) in [4.78, 5) is 34.9. The number of esters is 1. The van der Waals surface area contributed by atoms with Crippen molar-refractivity contribution in [2.75, 3.05) is 30.2 Å². The number of benzene rings is 1. The van der Waals surface area contributed by atoms with Crippen LogP contribution in [-0.2, 0) is 14.3 Å². The molecule has 0 aromatic heterocycles. The Kier molecular flexibility index (Phi) is 5.86. The lowest BCUT2D eigenvalue weighted by Gasteiger charge is -2.10. The second-order valence-electron chi connectivity index (χ2n) is 4.65. The molecular formula is C15H17NO6S. The van der Waals surface area contributed by atoms with E-state index in [9.17, 15) is 14.4 Å². The molecule has 1 aromatic rings. The van der Waals surface area contributed by atoms with Gasteiger partial charge in [-0.1, -0.05) is 0 Å². The number of thioether (sulfide) groups is 1. The Bertz CT molecular complexity index is 631. The normalized spacial score (nSPS) is 11.9. The van der Waals surface area contributed by atoms with Gasteiger partial charge in [-0.2, -0.15) is 0 Å². The third kappa shape index (κ3) is 4.62. The first-order chi connectivity index (χ1) is 11.0. The van der Waals surface area contributed by atoms with E-state index in [1.807, 2.05) is 0 Å². The zero-order valence-corrected chi connectivity index (χ0v) is 13.7. The zero-order chi connectivity index (χ0) is 16.8. The maximum atomic E-state index is 12.0. The third-order valence-electron chi connectivity index (χ3n) is 2.92. The number of carbonyl (C=O) groups is 3. The molecule has 1 aliphatic rings. The smallest absolute Gasteiger partial charge is 0.315 e. The van der Waals surface area contributed by atoms with E-state index in [1.54, 1.807) is 19.1 Å². The van der Waals surface area contributed by atoms with Gasteiger partial charge in [0.05, 0.1) is 23.8 Å². The molecule has 0 bridgehead atoms. The Morgan fingerprint density at radius 1 is 1.22 bits per heavy atom. The van der Waals surface area contributed by atoms with Gasteiger partial charge in [0, 0.05) is 11.6 Å². The van der Waals surface area contributed by atoms with E-state index in [1.165, 1.54) is 6.92 Å². The SMILES string of the molecule is CCOC(=O)CSCC(=O)Nc1cc2c(cc1C(C)=O)OCO2. The standard InChI is InChI=1S/C15H17NO6S/c1-3-20-15(19)7-23-6-14(18)16-11-5-13-12(21-8-22-13)4-10(11)9(2)17/h4-5H,3,6-8H2,1-2H3,(H,16,18). The van der Waals surface area contributed by atoms with Gasteiger partial charge in [0.2, 0.25) is 12.7 Å². The number of anilines is 1. The van der Waals surface area contributed by atoms with Gasteiger partial charge in [-0.15, -0.1) is 11.8 Å². The van der Waals surface area contributed by atoms with Crippen LogP contribution in [0.15, 0.2) is 12.1 Å². The largest absolute Gasteiger partial charge is 0.465 e. The van der Waals surface area contributed by atoms with Crippen LogP contribution in [0.4, 0.5) is 5.69 Å². The van der Waals surface area contributed by atoms with Crippen LogP contribution in [0.2, 0.25) is 0 Å². The van der Waals surface area contributed by atoms with Crippen LogP contribution in [0.1, 0.15) is 24.2 Å². The topological polar surface area (TPSA) is 90.9 Å². The van der Waals surface area contributed by atoms with Gasteiger partial charge >= 0.3 is 5.97 Å². The predicted molar refractivity (Wildman–Crippen MR) is 85.2 cm³/mol. The minimum Gasteiger partial charge on any atom is -0.465 e. The minimum atomic E-state index is -0.363. The van der Waals surface area contributed by atoms with Crippen molar-refractivity contribution in [3.63, 3.8) is 0 Å². The molecule has 7 nitrogen and oxygen atoms in total. The molecule has 0 atom stereocenters. The quantitative estimate of drug-likeness (QED) is 0.599. The summed E-state index contributed by atoms with van der Waals surface area (Å²) in [5.74, 6) is 0.248. The van der Waals surface area contributed by atoms with Gasteiger partial charge < -0.3 is 19.5 Å². The Morgan fingerprint density at radius 2 is 1.91 bits per heavy atom. The highest BCUT2D eigenvalue weighted by Gasteiger charge is 2.20. The van der Waals surface area contributed by atoms with Crippen LogP contribution in [0.3, 0.4) is 0 Å². The fourth-order valence-electron chi connectivity index (χ4n) is 1.95. The summed E-state index contributed by atoms with van der Waals surface area (Å²) >= 11 is 1.14. The molecule has 0 unspecified atom stereocenters. The summed E-state index contributed by atoms with van der Waals surface area (Å²) in [6.45, 7) is 3.52. The molecule has 124 valence electrons. The van der Waals surface area contributed by atoms with Crippen molar-refractivity contribution < 1.29 is 28.6 Å². The number of Topliss-reactive ketones (excluding diaryl/α,β-unsaturated/α-hetero) is 1. The van der Waals surface area contributed by atoms with Crippen LogP contribution in [0.25, 0.3) is 0 Å². The molecule has 8 heteroatoms. The van der Waals surface area contributed by atoms with Crippen molar-refractivity contribution in [3.05, 3.63) is 17.7 Å². The van der Waals surface area contributed by atoms with Crippen molar-refractivity contribution in [1.29, 1.82) is 0 Å². The van der Waals surface area contributed by atoms with E-state index < -0.39 is 0 Å². The van der Waals surface area contributed by atoms with E-state index in [0.717, 1.165) is 11.8 Å². The Hall–Kier alpha value is -2.22. The average molecular weight is 339 g/mol. The number of fused-ring (bicyclic) bond motifs is 1. The Labute approximate surface area is 137 Å². The number of hydrogen-bond donors (Lipinski definition) is 1. The molecule has 1 N–H and O–H groups in total. The number of ketones is 1. The summed E-state index contributed by atoms with van der Waals surface area (Å²) < 4.78 is 15.2. The molecule has 1 aromatic carbocycles. The van der Waals surface area contributed by atoms with Gasteiger partial charge in [0.1, 0.15) is 0 Å². The van der Waals surface area contributed by atoms with Crippen LogP contribution >= 0.6 is 11.8 Å². The molecule has 0 spiro atoms. The third-order valence-corrected chi connectivity index (χ3v) is 3.83. The highest BCUT2D eigenvalue weighted by molar-refractivity contribution is 8.00. The molecule has 1 heterocycles. The number of hydrogen-bond acceptors (Lipinski definition) is 7. The first-order valence-corrected chi connectivity index (χ1v) is 8.14. The molecule has 23 heavy (non-hydrogen) atoms. The van der Waals surface area contributed by atoms with E-state index in [0.29, 0.717) is 29.4 Å². The fraction of sp³-hybridized carbons (Fsp3) is 0.400. The van der Waals surface area contributed by atoms with Crippen LogP contribution in [-0.4, -0.2) is 42.6 Å². The van der Waals surface area contributed by atoms with Crippen LogP contribution < -0.4 is 14.8 Å². The fourth-order valence-corrected chi connectivity index (χ4v) is 2.56. The monoisotopic (exact) mass is 339 g/mol. The van der Waals surface area contributed by atoms with Gasteiger partial charge in [0.15, 0.2) is 17.3 Å². The molecule has 2 rings (SSSR count). The number of carbonyl (C=O) groups excluding carboxylic acids is 3. The van der Waals surface area contributed by atoms with Crippen molar-refractivity contribution in [3.8, 4) is 11.5 Å². The number of rotatable bonds is 7. The number of amides is 1. The molecule has 0 saturated carbocycles. The van der Waals surface area contributed by atoms with Crippen molar-refractivity contribution >= 4 is 35.1 Å². The summed E-state index contributed by atoms with van der Waals surface area (Å²) in [6, 6.07) is 3.11. The number of nitrogens with one attached hydrogen (secondary N) is 1. The summed E-state index contributed by atoms with van der Waals surface area (Å²) in [6.07, 6.45) is 0. The van der Waals surface area contributed by atoms with Crippen molar-refractivity contribution in [2.45, 2.75) is 13.8 Å². The van der Waals surface area contributed by atoms with E-state index in [2.05, 4.69) is 5.32 Å². The number of ether oxygens (including phenoxy) is 3. The lowest BCUT2D eigenvalue weighted by Crippen LogP contribution is -2.17. The molecule has 0 aliphatic carbocycles. The van der Waals surface area contributed by atoms with Crippen molar-refractivity contribution in [1.82, 2.24) is 0 Å². The predicted octanol–water partition coefficient (Wildman–Crippen LogP) is 1.85. The van der Waals surface area contributed by atoms with Crippen molar-refractivity contribution in [2.24, 2.45) is 0 Å². The molecular weight excluding hydrogens is 322 g/mol. The molecule has 0 radical (unpaired) electrons. The summed E-state index contributed by atoms with van der Waals surface area (Å²) in [7, 11) is 0. The molecule has 0 fully saturated rings. The van der Waals surface area contributed by atoms with Gasteiger partial charge in [0.25, 0.3) is 0 Å². The maximum absolute atomic E-state index is 12.0. The summed E-state index contributed by atoms with van der Waals surface area (Å²) in [5.41, 5.74) is 0.710. The van der Waals surface area contributed by atoms with Gasteiger partial charge in [-0.05, 0) is 19.9 Å². The second-order valence-corrected chi connectivity index (χ2v) is 5.64. The molecule has 1 aliphatic heterocycles. The maximum Gasteiger partial charge on any atom is 0.315 e.